The molecule has 0 radical (unpaired) electrons. The highest BCUT2D eigenvalue weighted by atomic mass is 16.5. The first-order chi connectivity index (χ1) is 6.61. The van der Waals surface area contributed by atoms with E-state index < -0.39 is 17.9 Å². The number of carbonyl (C=O) groups excluding carboxylic acids is 1. The zero-order chi connectivity index (χ0) is 11.0. The molecular formula is C9H17NO4. The lowest BCUT2D eigenvalue weighted by Crippen LogP contribution is -2.42. The zero-order valence-electron chi connectivity index (χ0n) is 8.58. The topological polar surface area (TPSA) is 75.6 Å². The van der Waals surface area contributed by atoms with Crippen molar-refractivity contribution in [3.8, 4) is 0 Å². The molecule has 14 heavy (non-hydrogen) atoms. The molecule has 0 heterocycles. The molecule has 1 unspecified atom stereocenters. The van der Waals surface area contributed by atoms with Crippen LogP contribution in [-0.2, 0) is 14.3 Å². The van der Waals surface area contributed by atoms with E-state index in [0.717, 1.165) is 12.8 Å². The van der Waals surface area contributed by atoms with Crippen molar-refractivity contribution in [3.63, 3.8) is 0 Å². The lowest BCUT2D eigenvalue weighted by Gasteiger charge is -2.13. The van der Waals surface area contributed by atoms with Gasteiger partial charge < -0.3 is 15.2 Å². The number of amides is 1. The summed E-state index contributed by atoms with van der Waals surface area (Å²) in [6.07, 6.45) is 2.15. The van der Waals surface area contributed by atoms with Crippen LogP contribution in [0.3, 0.4) is 0 Å². The molecule has 0 aromatic carbocycles. The number of aliphatic carboxylic acids is 1. The summed E-state index contributed by atoms with van der Waals surface area (Å²) in [5.74, 6) is -1.39. The SMILES string of the molecule is CCCCC(NC(=O)COC)C(=O)O. The molecule has 0 aliphatic heterocycles. The molecule has 0 fully saturated rings. The van der Waals surface area contributed by atoms with Crippen LogP contribution in [0.4, 0.5) is 0 Å². The molecule has 2 N–H and O–H groups in total. The minimum atomic E-state index is -0.997. The third-order valence-corrected chi connectivity index (χ3v) is 1.76. The second kappa shape index (κ2) is 7.32. The lowest BCUT2D eigenvalue weighted by atomic mass is 10.1. The Bertz CT molecular complexity index is 193. The van der Waals surface area contributed by atoms with Gasteiger partial charge in [0.2, 0.25) is 5.91 Å². The number of hydrogen-bond acceptors (Lipinski definition) is 3. The Hall–Kier alpha value is -1.10. The van der Waals surface area contributed by atoms with Gasteiger partial charge in [0, 0.05) is 7.11 Å². The van der Waals surface area contributed by atoms with Crippen LogP contribution < -0.4 is 5.32 Å². The molecule has 1 atom stereocenters. The summed E-state index contributed by atoms with van der Waals surface area (Å²) in [6, 6.07) is -0.794. The zero-order valence-corrected chi connectivity index (χ0v) is 8.58. The third-order valence-electron chi connectivity index (χ3n) is 1.76. The van der Waals surface area contributed by atoms with E-state index in [1.807, 2.05) is 6.92 Å². The van der Waals surface area contributed by atoms with Crippen molar-refractivity contribution < 1.29 is 19.4 Å². The van der Waals surface area contributed by atoms with Gasteiger partial charge in [-0.25, -0.2) is 4.79 Å². The van der Waals surface area contributed by atoms with Crippen LogP contribution in [-0.4, -0.2) is 36.7 Å². The Morgan fingerprint density at radius 3 is 2.57 bits per heavy atom. The molecule has 0 bridgehead atoms. The van der Waals surface area contributed by atoms with Crippen molar-refractivity contribution in [2.75, 3.05) is 13.7 Å². The molecule has 0 saturated heterocycles. The van der Waals surface area contributed by atoms with Crippen molar-refractivity contribution in [3.05, 3.63) is 0 Å². The monoisotopic (exact) mass is 203 g/mol. The van der Waals surface area contributed by atoms with E-state index in [1.54, 1.807) is 0 Å². The maximum Gasteiger partial charge on any atom is 0.326 e. The maximum atomic E-state index is 11.0. The van der Waals surface area contributed by atoms with E-state index in [9.17, 15) is 9.59 Å². The number of unbranched alkanes of at least 4 members (excludes halogenated alkanes) is 1. The predicted octanol–water partition coefficient (Wildman–Crippen LogP) is 0.392. The predicted molar refractivity (Wildman–Crippen MR) is 51.0 cm³/mol. The summed E-state index contributed by atoms with van der Waals surface area (Å²) in [4.78, 5) is 21.7. The van der Waals surface area contributed by atoms with Gasteiger partial charge in [-0.15, -0.1) is 0 Å². The van der Waals surface area contributed by atoms with E-state index in [1.165, 1.54) is 7.11 Å². The van der Waals surface area contributed by atoms with Crippen molar-refractivity contribution in [1.82, 2.24) is 5.32 Å². The highest BCUT2D eigenvalue weighted by Crippen LogP contribution is 2.00. The molecule has 0 saturated carbocycles. The van der Waals surface area contributed by atoms with Crippen molar-refractivity contribution >= 4 is 11.9 Å². The molecule has 82 valence electrons. The maximum absolute atomic E-state index is 11.0. The van der Waals surface area contributed by atoms with Crippen molar-refractivity contribution in [1.29, 1.82) is 0 Å². The highest BCUT2D eigenvalue weighted by Gasteiger charge is 2.18. The Kier molecular flexibility index (Phi) is 6.74. The van der Waals surface area contributed by atoms with Crippen LogP contribution >= 0.6 is 0 Å². The largest absolute Gasteiger partial charge is 0.480 e. The Morgan fingerprint density at radius 1 is 1.50 bits per heavy atom. The minimum Gasteiger partial charge on any atom is -0.480 e. The van der Waals surface area contributed by atoms with Crippen LogP contribution in [0.1, 0.15) is 26.2 Å². The number of rotatable bonds is 7. The molecule has 0 aromatic rings. The first-order valence-corrected chi connectivity index (χ1v) is 4.63. The second-order valence-corrected chi connectivity index (χ2v) is 3.03. The van der Waals surface area contributed by atoms with Crippen LogP contribution in [0.2, 0.25) is 0 Å². The standard InChI is InChI=1S/C9H17NO4/c1-3-4-5-7(9(12)13)10-8(11)6-14-2/h7H,3-6H2,1-2H3,(H,10,11)(H,12,13). The molecule has 5 heteroatoms. The first kappa shape index (κ1) is 12.9. The molecule has 0 rings (SSSR count). The fraction of sp³-hybridized carbons (Fsp3) is 0.778. The molecule has 0 aliphatic rings. The van der Waals surface area contributed by atoms with Gasteiger partial charge in [-0.05, 0) is 6.42 Å². The fourth-order valence-corrected chi connectivity index (χ4v) is 1.03. The second-order valence-electron chi connectivity index (χ2n) is 3.03. The number of carboxylic acids is 1. The average Bonchev–Trinajstić information content (AvgIpc) is 2.12. The van der Waals surface area contributed by atoms with Gasteiger partial charge in [0.1, 0.15) is 12.6 Å². The minimum absolute atomic E-state index is 0.101. The van der Waals surface area contributed by atoms with Gasteiger partial charge in [0.25, 0.3) is 0 Å². The quantitative estimate of drug-likeness (QED) is 0.627. The fourth-order valence-electron chi connectivity index (χ4n) is 1.03. The van der Waals surface area contributed by atoms with E-state index >= 15 is 0 Å². The van der Waals surface area contributed by atoms with E-state index in [4.69, 9.17) is 5.11 Å². The summed E-state index contributed by atoms with van der Waals surface area (Å²) in [7, 11) is 1.39. The summed E-state index contributed by atoms with van der Waals surface area (Å²) < 4.78 is 4.58. The number of nitrogens with one attached hydrogen (secondary N) is 1. The van der Waals surface area contributed by atoms with Gasteiger partial charge in [0.15, 0.2) is 0 Å². The van der Waals surface area contributed by atoms with E-state index in [-0.39, 0.29) is 6.61 Å². The van der Waals surface area contributed by atoms with Gasteiger partial charge in [-0.2, -0.15) is 0 Å². The smallest absolute Gasteiger partial charge is 0.326 e. The summed E-state index contributed by atoms with van der Waals surface area (Å²) >= 11 is 0. The van der Waals surface area contributed by atoms with Crippen molar-refractivity contribution in [2.45, 2.75) is 32.2 Å². The Balaban J connectivity index is 3.95. The van der Waals surface area contributed by atoms with Gasteiger partial charge in [-0.1, -0.05) is 19.8 Å². The molecular weight excluding hydrogens is 186 g/mol. The first-order valence-electron chi connectivity index (χ1n) is 4.63. The highest BCUT2D eigenvalue weighted by molar-refractivity contribution is 5.84. The molecule has 0 aliphatic carbocycles. The molecule has 1 amide bonds. The molecule has 0 spiro atoms. The number of methoxy groups -OCH3 is 1. The third kappa shape index (κ3) is 5.53. The van der Waals surface area contributed by atoms with Crippen molar-refractivity contribution in [2.24, 2.45) is 0 Å². The number of carbonyl (C=O) groups is 2. The van der Waals surface area contributed by atoms with E-state index in [2.05, 4.69) is 10.1 Å². The summed E-state index contributed by atoms with van der Waals surface area (Å²) in [6.45, 7) is 1.87. The van der Waals surface area contributed by atoms with Crippen LogP contribution in [0.25, 0.3) is 0 Å². The Morgan fingerprint density at radius 2 is 2.14 bits per heavy atom. The van der Waals surface area contributed by atoms with E-state index in [0.29, 0.717) is 6.42 Å². The number of hydrogen-bond donors (Lipinski definition) is 2. The molecule has 5 nitrogen and oxygen atoms in total. The van der Waals surface area contributed by atoms with Crippen LogP contribution in [0.15, 0.2) is 0 Å². The van der Waals surface area contributed by atoms with Gasteiger partial charge in [-0.3, -0.25) is 4.79 Å². The number of ether oxygens (including phenoxy) is 1. The summed E-state index contributed by atoms with van der Waals surface area (Å²) in [5.41, 5.74) is 0. The normalized spacial score (nSPS) is 12.1. The van der Waals surface area contributed by atoms with Gasteiger partial charge >= 0.3 is 5.97 Å². The lowest BCUT2D eigenvalue weighted by molar-refractivity contribution is -0.142. The number of carboxylic acid groups (broad SMARTS) is 1. The van der Waals surface area contributed by atoms with Crippen LogP contribution in [0, 0.1) is 0 Å². The summed E-state index contributed by atoms with van der Waals surface area (Å²) in [5, 5.41) is 11.2. The average molecular weight is 203 g/mol. The van der Waals surface area contributed by atoms with Gasteiger partial charge in [0.05, 0.1) is 0 Å². The Labute approximate surface area is 83.4 Å². The van der Waals surface area contributed by atoms with Crippen LogP contribution in [0.5, 0.6) is 0 Å². The molecule has 0 aromatic heterocycles.